The van der Waals surface area contributed by atoms with Gasteiger partial charge in [-0.1, -0.05) is 20.8 Å². The Morgan fingerprint density at radius 3 is 2.60 bits per heavy atom. The number of carboxylic acid groups (broad SMARTS) is 1. The van der Waals surface area contributed by atoms with E-state index in [4.69, 9.17) is 9.52 Å². The molecule has 0 aliphatic heterocycles. The average molecular weight is 209 g/mol. The number of carbonyl (C=O) groups is 1. The highest BCUT2D eigenvalue weighted by Crippen LogP contribution is 2.58. The molecule has 1 heterocycles. The Hall–Kier alpha value is -1.32. The molecule has 1 aliphatic rings. The summed E-state index contributed by atoms with van der Waals surface area (Å²) in [6, 6.07) is 0. The van der Waals surface area contributed by atoms with Gasteiger partial charge >= 0.3 is 5.97 Å². The van der Waals surface area contributed by atoms with Crippen molar-refractivity contribution in [3.05, 3.63) is 17.3 Å². The van der Waals surface area contributed by atoms with Gasteiger partial charge < -0.3 is 9.52 Å². The van der Waals surface area contributed by atoms with Gasteiger partial charge in [-0.2, -0.15) is 0 Å². The molecule has 0 amide bonds. The second kappa shape index (κ2) is 3.08. The van der Waals surface area contributed by atoms with Crippen LogP contribution in [-0.4, -0.2) is 16.1 Å². The molecule has 1 aromatic heterocycles. The lowest BCUT2D eigenvalue weighted by Crippen LogP contribution is -1.98. The highest BCUT2D eigenvalue weighted by molar-refractivity contribution is 5.85. The molecule has 2 rings (SSSR count). The third kappa shape index (κ3) is 1.64. The second-order valence-electron chi connectivity index (χ2n) is 4.73. The standard InChI is InChI=1S/C11H15NO3/c1-4-7-8(10(13)14)15-9(12-7)6-5-11(6,2)3/h6H,4-5H2,1-3H3,(H,13,14). The van der Waals surface area contributed by atoms with E-state index in [1.54, 1.807) is 0 Å². The fourth-order valence-electron chi connectivity index (χ4n) is 1.81. The minimum absolute atomic E-state index is 0.00944. The Labute approximate surface area is 88.3 Å². The van der Waals surface area contributed by atoms with Crippen LogP contribution in [0.15, 0.2) is 4.42 Å². The van der Waals surface area contributed by atoms with Gasteiger partial charge in [-0.3, -0.25) is 0 Å². The van der Waals surface area contributed by atoms with Crippen LogP contribution in [0.4, 0.5) is 0 Å². The summed E-state index contributed by atoms with van der Waals surface area (Å²) in [4.78, 5) is 15.1. The van der Waals surface area contributed by atoms with E-state index in [1.165, 1.54) is 0 Å². The Kier molecular flexibility index (Phi) is 2.10. The van der Waals surface area contributed by atoms with Crippen molar-refractivity contribution in [2.45, 2.75) is 39.5 Å². The molecule has 0 spiro atoms. The SMILES string of the molecule is CCc1nc(C2CC2(C)C)oc1C(=O)O. The highest BCUT2D eigenvalue weighted by atomic mass is 16.4. The van der Waals surface area contributed by atoms with Crippen molar-refractivity contribution in [3.8, 4) is 0 Å². The fourth-order valence-corrected chi connectivity index (χ4v) is 1.81. The third-order valence-electron chi connectivity index (χ3n) is 3.05. The van der Waals surface area contributed by atoms with Gasteiger partial charge in [0.05, 0.1) is 5.69 Å². The molecule has 0 aromatic carbocycles. The molecule has 1 saturated carbocycles. The number of rotatable bonds is 3. The first-order valence-electron chi connectivity index (χ1n) is 5.18. The summed E-state index contributed by atoms with van der Waals surface area (Å²) in [7, 11) is 0. The summed E-state index contributed by atoms with van der Waals surface area (Å²) in [6.45, 7) is 6.15. The van der Waals surface area contributed by atoms with Crippen molar-refractivity contribution in [3.63, 3.8) is 0 Å². The largest absolute Gasteiger partial charge is 0.475 e. The molecule has 0 radical (unpaired) electrons. The fraction of sp³-hybridized carbons (Fsp3) is 0.636. The molecule has 4 nitrogen and oxygen atoms in total. The van der Waals surface area contributed by atoms with Gasteiger partial charge in [0.15, 0.2) is 5.89 Å². The molecule has 1 aromatic rings. The predicted octanol–water partition coefficient (Wildman–Crippen LogP) is 2.45. The zero-order valence-electron chi connectivity index (χ0n) is 9.20. The summed E-state index contributed by atoms with van der Waals surface area (Å²) in [5, 5.41) is 8.91. The van der Waals surface area contributed by atoms with Crippen molar-refractivity contribution < 1.29 is 14.3 Å². The van der Waals surface area contributed by atoms with E-state index in [2.05, 4.69) is 18.8 Å². The lowest BCUT2D eigenvalue weighted by atomic mass is 10.1. The Bertz CT molecular complexity index is 406. The summed E-state index contributed by atoms with van der Waals surface area (Å²) < 4.78 is 5.32. The van der Waals surface area contributed by atoms with Gasteiger partial charge in [0.25, 0.3) is 0 Å². The number of oxazole rings is 1. The van der Waals surface area contributed by atoms with Crippen molar-refractivity contribution >= 4 is 5.97 Å². The van der Waals surface area contributed by atoms with Crippen LogP contribution in [-0.2, 0) is 6.42 Å². The molecule has 82 valence electrons. The Balaban J connectivity index is 2.32. The molecule has 1 aliphatic carbocycles. The second-order valence-corrected chi connectivity index (χ2v) is 4.73. The maximum absolute atomic E-state index is 10.9. The summed E-state index contributed by atoms with van der Waals surface area (Å²) in [6.07, 6.45) is 1.62. The molecule has 0 bridgehead atoms. The van der Waals surface area contributed by atoms with E-state index in [-0.39, 0.29) is 17.1 Å². The number of carboxylic acids is 1. The van der Waals surface area contributed by atoms with Crippen molar-refractivity contribution in [2.24, 2.45) is 5.41 Å². The number of hydrogen-bond donors (Lipinski definition) is 1. The lowest BCUT2D eigenvalue weighted by Gasteiger charge is -1.96. The van der Waals surface area contributed by atoms with Crippen LogP contribution in [0.25, 0.3) is 0 Å². The van der Waals surface area contributed by atoms with E-state index in [1.807, 2.05) is 6.92 Å². The summed E-state index contributed by atoms with van der Waals surface area (Å²) in [5.74, 6) is -0.135. The van der Waals surface area contributed by atoms with Crippen LogP contribution in [0.2, 0.25) is 0 Å². The zero-order valence-corrected chi connectivity index (χ0v) is 9.20. The smallest absolute Gasteiger partial charge is 0.373 e. The maximum atomic E-state index is 10.9. The van der Waals surface area contributed by atoms with Gasteiger partial charge in [-0.05, 0) is 18.3 Å². The van der Waals surface area contributed by atoms with E-state index >= 15 is 0 Å². The van der Waals surface area contributed by atoms with Gasteiger partial charge in [0.1, 0.15) is 0 Å². The summed E-state index contributed by atoms with van der Waals surface area (Å²) >= 11 is 0. The number of aryl methyl sites for hydroxylation is 1. The number of aromatic carboxylic acids is 1. The van der Waals surface area contributed by atoms with Gasteiger partial charge in [-0.15, -0.1) is 0 Å². The van der Waals surface area contributed by atoms with Crippen LogP contribution in [0.5, 0.6) is 0 Å². The average Bonchev–Trinajstić information content (AvgIpc) is 2.65. The van der Waals surface area contributed by atoms with Crippen molar-refractivity contribution in [1.82, 2.24) is 4.98 Å². The molecular weight excluding hydrogens is 194 g/mol. The molecule has 1 atom stereocenters. The van der Waals surface area contributed by atoms with Crippen molar-refractivity contribution in [2.75, 3.05) is 0 Å². The Morgan fingerprint density at radius 2 is 2.27 bits per heavy atom. The van der Waals surface area contributed by atoms with E-state index in [0.717, 1.165) is 6.42 Å². The normalized spacial score (nSPS) is 22.7. The molecule has 1 unspecified atom stereocenters. The van der Waals surface area contributed by atoms with Gasteiger partial charge in [0, 0.05) is 5.92 Å². The highest BCUT2D eigenvalue weighted by Gasteiger charge is 2.50. The maximum Gasteiger partial charge on any atom is 0.373 e. The minimum atomic E-state index is -1.02. The first-order chi connectivity index (χ1) is 6.95. The quantitative estimate of drug-likeness (QED) is 0.830. The third-order valence-corrected chi connectivity index (χ3v) is 3.05. The van der Waals surface area contributed by atoms with E-state index in [9.17, 15) is 4.79 Å². The minimum Gasteiger partial charge on any atom is -0.475 e. The van der Waals surface area contributed by atoms with Crippen LogP contribution in [0, 0.1) is 5.41 Å². The topological polar surface area (TPSA) is 63.3 Å². The number of nitrogens with zero attached hydrogens (tertiary/aromatic N) is 1. The van der Waals surface area contributed by atoms with Crippen LogP contribution < -0.4 is 0 Å². The first-order valence-corrected chi connectivity index (χ1v) is 5.18. The number of hydrogen-bond acceptors (Lipinski definition) is 3. The molecule has 4 heteroatoms. The lowest BCUT2D eigenvalue weighted by molar-refractivity contribution is 0.0658. The molecule has 1 N–H and O–H groups in total. The predicted molar refractivity (Wildman–Crippen MR) is 54.0 cm³/mol. The molecule has 0 saturated heterocycles. The van der Waals surface area contributed by atoms with Gasteiger partial charge in [-0.25, -0.2) is 9.78 Å². The zero-order chi connectivity index (χ0) is 11.2. The van der Waals surface area contributed by atoms with Crippen LogP contribution in [0.1, 0.15) is 55.2 Å². The van der Waals surface area contributed by atoms with E-state index < -0.39 is 5.97 Å². The molecular formula is C11H15NO3. The Morgan fingerprint density at radius 1 is 1.67 bits per heavy atom. The molecule has 15 heavy (non-hydrogen) atoms. The van der Waals surface area contributed by atoms with Crippen LogP contribution in [0.3, 0.4) is 0 Å². The van der Waals surface area contributed by atoms with Crippen molar-refractivity contribution in [1.29, 1.82) is 0 Å². The first kappa shape index (κ1) is 10.2. The van der Waals surface area contributed by atoms with Gasteiger partial charge in [0.2, 0.25) is 5.76 Å². The summed E-state index contributed by atoms with van der Waals surface area (Å²) in [5.41, 5.74) is 0.770. The monoisotopic (exact) mass is 209 g/mol. The molecule has 1 fully saturated rings. The van der Waals surface area contributed by atoms with Crippen LogP contribution >= 0.6 is 0 Å². The number of aromatic nitrogens is 1. The van der Waals surface area contributed by atoms with E-state index in [0.29, 0.717) is 18.0 Å².